The molecule has 0 saturated heterocycles. The van der Waals surface area contributed by atoms with Gasteiger partial charge in [-0.1, -0.05) is 11.6 Å². The average Bonchev–Trinajstić information content (AvgIpc) is 2.70. The second kappa shape index (κ2) is 8.00. The van der Waals surface area contributed by atoms with E-state index < -0.39 is 0 Å². The number of halogens is 1. The highest BCUT2D eigenvalue weighted by Crippen LogP contribution is 2.29. The number of thiophene rings is 1. The van der Waals surface area contributed by atoms with E-state index in [1.807, 2.05) is 11.4 Å². The largest absolute Gasteiger partial charge is 0.382 e. The van der Waals surface area contributed by atoms with Gasteiger partial charge in [0, 0.05) is 18.6 Å². The molecular weight excluding hydrogens is 248 g/mol. The van der Waals surface area contributed by atoms with Crippen molar-refractivity contribution in [3.63, 3.8) is 0 Å². The van der Waals surface area contributed by atoms with Gasteiger partial charge in [-0.3, -0.25) is 11.3 Å². The molecule has 0 amide bonds. The summed E-state index contributed by atoms with van der Waals surface area (Å²) in [5.74, 6) is 5.49. The van der Waals surface area contributed by atoms with Crippen LogP contribution in [0.25, 0.3) is 0 Å². The molecule has 0 aliphatic heterocycles. The average molecular weight is 265 g/mol. The van der Waals surface area contributed by atoms with Gasteiger partial charge in [-0.15, -0.1) is 11.3 Å². The SMILES string of the molecule is COCCOCCC(NN)c1sccc1Cl. The van der Waals surface area contributed by atoms with E-state index in [-0.39, 0.29) is 6.04 Å². The summed E-state index contributed by atoms with van der Waals surface area (Å²) in [6, 6.07) is 1.92. The number of ether oxygens (including phenoxy) is 2. The molecule has 1 atom stereocenters. The Morgan fingerprint density at radius 1 is 1.50 bits per heavy atom. The molecule has 1 aromatic heterocycles. The molecule has 1 rings (SSSR count). The smallest absolute Gasteiger partial charge is 0.0700 e. The number of hydrogen-bond acceptors (Lipinski definition) is 5. The maximum atomic E-state index is 6.03. The second-order valence-electron chi connectivity index (χ2n) is 3.25. The first-order valence-corrected chi connectivity index (χ1v) is 6.31. The van der Waals surface area contributed by atoms with E-state index in [1.54, 1.807) is 18.4 Å². The predicted octanol–water partition coefficient (Wildman–Crippen LogP) is 1.96. The highest BCUT2D eigenvalue weighted by molar-refractivity contribution is 7.10. The fourth-order valence-corrected chi connectivity index (χ4v) is 2.57. The number of nitrogens with one attached hydrogen (secondary N) is 1. The summed E-state index contributed by atoms with van der Waals surface area (Å²) in [4.78, 5) is 1.06. The first-order valence-electron chi connectivity index (χ1n) is 5.05. The normalized spacial score (nSPS) is 12.9. The molecule has 0 fully saturated rings. The molecular formula is C10H17ClN2O2S. The summed E-state index contributed by atoms with van der Waals surface area (Å²) in [5, 5.41) is 2.71. The van der Waals surface area contributed by atoms with Crippen LogP contribution in [0.1, 0.15) is 17.3 Å². The summed E-state index contributed by atoms with van der Waals surface area (Å²) in [6.45, 7) is 1.85. The van der Waals surface area contributed by atoms with Crippen LogP contribution in [0.5, 0.6) is 0 Å². The Kier molecular flexibility index (Phi) is 6.95. The Morgan fingerprint density at radius 3 is 2.88 bits per heavy atom. The van der Waals surface area contributed by atoms with Crippen LogP contribution >= 0.6 is 22.9 Å². The summed E-state index contributed by atoms with van der Waals surface area (Å²) in [7, 11) is 1.65. The molecule has 6 heteroatoms. The predicted molar refractivity (Wildman–Crippen MR) is 66.7 cm³/mol. The van der Waals surface area contributed by atoms with Crippen LogP contribution in [0, 0.1) is 0 Å². The monoisotopic (exact) mass is 264 g/mol. The molecule has 1 unspecified atom stereocenters. The molecule has 1 aromatic rings. The van der Waals surface area contributed by atoms with Crippen molar-refractivity contribution in [2.24, 2.45) is 5.84 Å². The van der Waals surface area contributed by atoms with Gasteiger partial charge in [0.2, 0.25) is 0 Å². The summed E-state index contributed by atoms with van der Waals surface area (Å²) in [6.07, 6.45) is 0.792. The van der Waals surface area contributed by atoms with E-state index in [9.17, 15) is 0 Å². The van der Waals surface area contributed by atoms with Crippen LogP contribution in [0.4, 0.5) is 0 Å². The van der Waals surface area contributed by atoms with E-state index in [0.29, 0.717) is 19.8 Å². The van der Waals surface area contributed by atoms with E-state index in [1.165, 1.54) is 0 Å². The van der Waals surface area contributed by atoms with Crippen LogP contribution in [0.15, 0.2) is 11.4 Å². The summed E-state index contributed by atoms with van der Waals surface area (Å²) < 4.78 is 10.3. The minimum Gasteiger partial charge on any atom is -0.382 e. The van der Waals surface area contributed by atoms with Gasteiger partial charge in [-0.2, -0.15) is 0 Å². The minimum absolute atomic E-state index is 0.0510. The zero-order valence-electron chi connectivity index (χ0n) is 9.24. The van der Waals surface area contributed by atoms with Crippen LogP contribution in [0.2, 0.25) is 5.02 Å². The number of nitrogens with two attached hydrogens (primary N) is 1. The lowest BCUT2D eigenvalue weighted by atomic mass is 10.2. The maximum Gasteiger partial charge on any atom is 0.0700 e. The van der Waals surface area contributed by atoms with Crippen molar-refractivity contribution in [3.05, 3.63) is 21.3 Å². The summed E-state index contributed by atoms with van der Waals surface area (Å²) in [5.41, 5.74) is 2.75. The van der Waals surface area contributed by atoms with E-state index >= 15 is 0 Å². The Labute approximate surface area is 105 Å². The number of hydrazine groups is 1. The van der Waals surface area contributed by atoms with E-state index in [2.05, 4.69) is 5.43 Å². The molecule has 0 bridgehead atoms. The topological polar surface area (TPSA) is 56.5 Å². The molecule has 4 nitrogen and oxygen atoms in total. The van der Waals surface area contributed by atoms with Crippen molar-refractivity contribution in [1.82, 2.24) is 5.43 Å². The summed E-state index contributed by atoms with van der Waals surface area (Å²) >= 11 is 7.63. The third kappa shape index (κ3) is 4.37. The lowest BCUT2D eigenvalue weighted by Gasteiger charge is -2.14. The Morgan fingerprint density at radius 2 is 2.31 bits per heavy atom. The van der Waals surface area contributed by atoms with Crippen molar-refractivity contribution in [1.29, 1.82) is 0 Å². The molecule has 0 radical (unpaired) electrons. The first-order chi connectivity index (χ1) is 7.79. The lowest BCUT2D eigenvalue weighted by Crippen LogP contribution is -2.28. The molecule has 0 aliphatic rings. The van der Waals surface area contributed by atoms with Gasteiger partial charge >= 0.3 is 0 Å². The van der Waals surface area contributed by atoms with E-state index in [0.717, 1.165) is 16.3 Å². The minimum atomic E-state index is 0.0510. The maximum absolute atomic E-state index is 6.03. The fraction of sp³-hybridized carbons (Fsp3) is 0.600. The van der Waals surface area contributed by atoms with Gasteiger partial charge < -0.3 is 9.47 Å². The zero-order valence-corrected chi connectivity index (χ0v) is 10.8. The van der Waals surface area contributed by atoms with Crippen molar-refractivity contribution in [2.75, 3.05) is 26.9 Å². The molecule has 0 aromatic carbocycles. The Hall–Kier alpha value is -0.170. The first kappa shape index (κ1) is 13.9. The molecule has 0 aliphatic carbocycles. The van der Waals surface area contributed by atoms with Crippen LogP contribution in [-0.4, -0.2) is 26.9 Å². The quantitative estimate of drug-likeness (QED) is 0.428. The standard InChI is InChI=1S/C10H17ClN2O2S/c1-14-5-6-15-4-2-9(13-12)10-8(11)3-7-16-10/h3,7,9,13H,2,4-6,12H2,1H3. The van der Waals surface area contributed by atoms with Gasteiger partial charge in [0.05, 0.1) is 24.3 Å². The van der Waals surface area contributed by atoms with Crippen LogP contribution in [-0.2, 0) is 9.47 Å². The van der Waals surface area contributed by atoms with Gasteiger partial charge in [-0.05, 0) is 17.9 Å². The van der Waals surface area contributed by atoms with Gasteiger partial charge in [0.15, 0.2) is 0 Å². The van der Waals surface area contributed by atoms with Crippen molar-refractivity contribution < 1.29 is 9.47 Å². The number of methoxy groups -OCH3 is 1. The van der Waals surface area contributed by atoms with Crippen molar-refractivity contribution in [2.45, 2.75) is 12.5 Å². The van der Waals surface area contributed by atoms with Crippen LogP contribution < -0.4 is 11.3 Å². The molecule has 3 N–H and O–H groups in total. The van der Waals surface area contributed by atoms with Gasteiger partial charge in [0.25, 0.3) is 0 Å². The lowest BCUT2D eigenvalue weighted by molar-refractivity contribution is 0.0659. The molecule has 1 heterocycles. The molecule has 0 saturated carbocycles. The molecule has 16 heavy (non-hydrogen) atoms. The van der Waals surface area contributed by atoms with Crippen molar-refractivity contribution in [3.8, 4) is 0 Å². The van der Waals surface area contributed by atoms with E-state index in [4.69, 9.17) is 26.9 Å². The third-order valence-electron chi connectivity index (χ3n) is 2.15. The van der Waals surface area contributed by atoms with Gasteiger partial charge in [-0.25, -0.2) is 0 Å². The molecule has 0 spiro atoms. The Balaban J connectivity index is 2.30. The highest BCUT2D eigenvalue weighted by Gasteiger charge is 2.14. The number of rotatable bonds is 8. The Bertz CT molecular complexity index is 296. The number of hydrogen-bond donors (Lipinski definition) is 2. The highest BCUT2D eigenvalue weighted by atomic mass is 35.5. The second-order valence-corrected chi connectivity index (χ2v) is 4.60. The fourth-order valence-electron chi connectivity index (χ4n) is 1.29. The zero-order chi connectivity index (χ0) is 11.8. The van der Waals surface area contributed by atoms with Gasteiger partial charge in [0.1, 0.15) is 0 Å². The third-order valence-corrected chi connectivity index (χ3v) is 3.62. The van der Waals surface area contributed by atoms with Crippen LogP contribution in [0.3, 0.4) is 0 Å². The van der Waals surface area contributed by atoms with Crippen molar-refractivity contribution >= 4 is 22.9 Å². The molecule has 92 valence electrons.